The summed E-state index contributed by atoms with van der Waals surface area (Å²) in [5.41, 5.74) is 0.0694. The van der Waals surface area contributed by atoms with E-state index >= 15 is 0 Å². The molecule has 11 heteroatoms. The average Bonchev–Trinajstić information content (AvgIpc) is 3.03. The Balaban J connectivity index is 1.85. The maximum atomic E-state index is 12.0. The molecule has 134 valence electrons. The van der Waals surface area contributed by atoms with E-state index in [1.165, 1.54) is 41.3 Å². The second-order valence-electron chi connectivity index (χ2n) is 4.91. The zero-order valence-corrected chi connectivity index (χ0v) is 15.7. The van der Waals surface area contributed by atoms with Crippen LogP contribution in [0.5, 0.6) is 0 Å². The normalized spacial score (nSPS) is 10.5. The van der Waals surface area contributed by atoms with Crippen LogP contribution in [0.4, 0.5) is 16.5 Å². The highest BCUT2D eigenvalue weighted by Gasteiger charge is 2.14. The molecule has 0 saturated carbocycles. The van der Waals surface area contributed by atoms with Crippen LogP contribution in [0.3, 0.4) is 0 Å². The molecule has 1 aromatic carbocycles. The lowest BCUT2D eigenvalue weighted by Gasteiger charge is -2.04. The van der Waals surface area contributed by atoms with Crippen LogP contribution in [-0.2, 0) is 4.79 Å². The van der Waals surface area contributed by atoms with Gasteiger partial charge in [-0.15, -0.1) is 10.2 Å². The van der Waals surface area contributed by atoms with Crippen LogP contribution in [0.25, 0.3) is 0 Å². The molecule has 0 aliphatic rings. The van der Waals surface area contributed by atoms with Crippen LogP contribution in [0.2, 0.25) is 5.02 Å². The molecule has 1 heterocycles. The summed E-state index contributed by atoms with van der Waals surface area (Å²) in [5, 5.41) is 25.4. The molecule has 2 N–H and O–H groups in total. The van der Waals surface area contributed by atoms with Crippen molar-refractivity contribution >= 4 is 57.1 Å². The molecule has 1 amide bonds. The molecule has 0 radical (unpaired) electrons. The van der Waals surface area contributed by atoms with Crippen molar-refractivity contribution in [2.24, 2.45) is 0 Å². The molecule has 2 aromatic rings. The zero-order chi connectivity index (χ0) is 18.2. The molecule has 0 aliphatic carbocycles. The molecular formula is C14H16ClN5O3S2. The highest BCUT2D eigenvalue weighted by Crippen LogP contribution is 2.28. The van der Waals surface area contributed by atoms with E-state index in [2.05, 4.69) is 27.8 Å². The number of amides is 1. The van der Waals surface area contributed by atoms with Crippen LogP contribution < -0.4 is 10.6 Å². The number of hydrogen-bond donors (Lipinski definition) is 2. The number of nitro groups is 1. The second kappa shape index (κ2) is 9.54. The van der Waals surface area contributed by atoms with Crippen molar-refractivity contribution in [3.8, 4) is 0 Å². The summed E-state index contributed by atoms with van der Waals surface area (Å²) in [6, 6.07) is 4.12. The van der Waals surface area contributed by atoms with Gasteiger partial charge in [-0.05, 0) is 18.6 Å². The van der Waals surface area contributed by atoms with E-state index in [0.29, 0.717) is 10.0 Å². The first-order valence-electron chi connectivity index (χ1n) is 7.43. The first-order valence-corrected chi connectivity index (χ1v) is 9.61. The smallest absolute Gasteiger partial charge is 0.289 e. The topological polar surface area (TPSA) is 110 Å². The summed E-state index contributed by atoms with van der Waals surface area (Å²) in [6.07, 6.45) is 2.15. The SMILES string of the molecule is CCCCNc1nnc(SCC(=O)Nc2ccc(Cl)c([N+](=O)[O-])c2)s1. The van der Waals surface area contributed by atoms with E-state index in [-0.39, 0.29) is 22.4 Å². The number of nitrogens with one attached hydrogen (secondary N) is 2. The van der Waals surface area contributed by atoms with Crippen molar-refractivity contribution in [3.05, 3.63) is 33.3 Å². The van der Waals surface area contributed by atoms with Crippen molar-refractivity contribution in [1.82, 2.24) is 10.2 Å². The number of hydrogen-bond acceptors (Lipinski definition) is 8. The van der Waals surface area contributed by atoms with Gasteiger partial charge < -0.3 is 10.6 Å². The van der Waals surface area contributed by atoms with Crippen LogP contribution in [0, 0.1) is 10.1 Å². The fourth-order valence-electron chi connectivity index (χ4n) is 1.77. The largest absolute Gasteiger partial charge is 0.360 e. The Morgan fingerprint density at radius 3 is 2.96 bits per heavy atom. The number of rotatable bonds is 9. The minimum absolute atomic E-state index is 0.0225. The molecule has 0 atom stereocenters. The number of anilines is 2. The van der Waals surface area contributed by atoms with Gasteiger partial charge in [-0.2, -0.15) is 0 Å². The second-order valence-corrected chi connectivity index (χ2v) is 7.52. The minimum atomic E-state index is -0.596. The monoisotopic (exact) mass is 401 g/mol. The minimum Gasteiger partial charge on any atom is -0.360 e. The standard InChI is InChI=1S/C14H16ClN5O3S2/c1-2-3-6-16-13-18-19-14(25-13)24-8-12(21)17-9-4-5-10(15)11(7-9)20(22)23/h4-5,7H,2-3,6,8H2,1H3,(H,16,18)(H,17,21). The van der Waals surface area contributed by atoms with Gasteiger partial charge in [0.1, 0.15) is 5.02 Å². The number of nitrogens with zero attached hydrogens (tertiary/aromatic N) is 3. The molecule has 25 heavy (non-hydrogen) atoms. The summed E-state index contributed by atoms with van der Waals surface area (Å²) in [4.78, 5) is 22.2. The Bertz CT molecular complexity index is 756. The van der Waals surface area contributed by atoms with Crippen LogP contribution in [0.15, 0.2) is 22.5 Å². The van der Waals surface area contributed by atoms with Gasteiger partial charge in [0.15, 0.2) is 4.34 Å². The molecule has 8 nitrogen and oxygen atoms in total. The number of benzene rings is 1. The van der Waals surface area contributed by atoms with Crippen LogP contribution in [-0.4, -0.2) is 33.3 Å². The number of carbonyl (C=O) groups excluding carboxylic acids is 1. The fourth-order valence-corrected chi connectivity index (χ4v) is 3.53. The van der Waals surface area contributed by atoms with E-state index in [4.69, 9.17) is 11.6 Å². The summed E-state index contributed by atoms with van der Waals surface area (Å²) >= 11 is 8.38. The maximum Gasteiger partial charge on any atom is 0.289 e. The maximum absolute atomic E-state index is 12.0. The highest BCUT2D eigenvalue weighted by atomic mass is 35.5. The van der Waals surface area contributed by atoms with Gasteiger partial charge in [0.05, 0.1) is 10.7 Å². The van der Waals surface area contributed by atoms with Crippen molar-refractivity contribution in [3.63, 3.8) is 0 Å². The predicted octanol–water partition coefficient (Wildman–Crippen LogP) is 4.04. The average molecular weight is 402 g/mol. The Morgan fingerprint density at radius 1 is 1.44 bits per heavy atom. The third-order valence-electron chi connectivity index (χ3n) is 2.97. The van der Waals surface area contributed by atoms with Crippen molar-refractivity contribution in [2.45, 2.75) is 24.1 Å². The van der Waals surface area contributed by atoms with Gasteiger partial charge in [-0.1, -0.05) is 48.0 Å². The number of unbranched alkanes of at least 4 members (excludes halogenated alkanes) is 1. The Morgan fingerprint density at radius 2 is 2.24 bits per heavy atom. The first-order chi connectivity index (χ1) is 12.0. The van der Waals surface area contributed by atoms with Crippen molar-refractivity contribution in [1.29, 1.82) is 0 Å². The van der Waals surface area contributed by atoms with Gasteiger partial charge in [0, 0.05) is 18.3 Å². The summed E-state index contributed by atoms with van der Waals surface area (Å²) in [6.45, 7) is 2.95. The Kier molecular flexibility index (Phi) is 7.41. The molecule has 2 rings (SSSR count). The number of halogens is 1. The van der Waals surface area contributed by atoms with Gasteiger partial charge in [-0.25, -0.2) is 0 Å². The van der Waals surface area contributed by atoms with E-state index in [9.17, 15) is 14.9 Å². The fraction of sp³-hybridized carbons (Fsp3) is 0.357. The molecule has 1 aromatic heterocycles. The van der Waals surface area contributed by atoms with Crippen LogP contribution >= 0.6 is 34.7 Å². The van der Waals surface area contributed by atoms with Crippen molar-refractivity contribution in [2.75, 3.05) is 22.9 Å². The first kappa shape index (κ1) is 19.4. The summed E-state index contributed by atoms with van der Waals surface area (Å²) < 4.78 is 0.677. The molecule has 0 aliphatic heterocycles. The van der Waals surface area contributed by atoms with Gasteiger partial charge in [-0.3, -0.25) is 14.9 Å². The Hall–Kier alpha value is -1.91. The third-order valence-corrected chi connectivity index (χ3v) is 5.30. The molecular weight excluding hydrogens is 386 g/mol. The lowest BCUT2D eigenvalue weighted by Crippen LogP contribution is -2.14. The molecule has 0 saturated heterocycles. The number of nitro benzene ring substituents is 1. The molecule has 0 unspecified atom stereocenters. The Labute approximate surface area is 157 Å². The summed E-state index contributed by atoms with van der Waals surface area (Å²) in [7, 11) is 0. The van der Waals surface area contributed by atoms with Gasteiger partial charge in [0.2, 0.25) is 11.0 Å². The lowest BCUT2D eigenvalue weighted by molar-refractivity contribution is -0.384. The van der Waals surface area contributed by atoms with Crippen molar-refractivity contribution < 1.29 is 9.72 Å². The quantitative estimate of drug-likeness (QED) is 0.282. The highest BCUT2D eigenvalue weighted by molar-refractivity contribution is 8.01. The molecule has 0 bridgehead atoms. The summed E-state index contributed by atoms with van der Waals surface area (Å²) in [5.74, 6) is -0.169. The number of thioether (sulfide) groups is 1. The number of carbonyl (C=O) groups is 1. The van der Waals surface area contributed by atoms with E-state index < -0.39 is 4.92 Å². The van der Waals surface area contributed by atoms with Gasteiger partial charge in [0.25, 0.3) is 5.69 Å². The van der Waals surface area contributed by atoms with E-state index in [0.717, 1.165) is 24.5 Å². The van der Waals surface area contributed by atoms with Crippen LogP contribution in [0.1, 0.15) is 19.8 Å². The lowest BCUT2D eigenvalue weighted by atomic mass is 10.3. The predicted molar refractivity (Wildman–Crippen MR) is 101 cm³/mol. The zero-order valence-electron chi connectivity index (χ0n) is 13.3. The third kappa shape index (κ3) is 6.15. The van der Waals surface area contributed by atoms with E-state index in [1.54, 1.807) is 0 Å². The molecule has 0 spiro atoms. The van der Waals surface area contributed by atoms with E-state index in [1.807, 2.05) is 0 Å². The van der Waals surface area contributed by atoms with Gasteiger partial charge >= 0.3 is 0 Å². The molecule has 0 fully saturated rings. The number of aromatic nitrogens is 2.